The van der Waals surface area contributed by atoms with Crippen LogP contribution in [0, 0.1) is 5.92 Å². The number of rotatable bonds is 6. The molecule has 0 bridgehead atoms. The lowest BCUT2D eigenvalue weighted by Crippen LogP contribution is -2.31. The molecule has 18 heavy (non-hydrogen) atoms. The van der Waals surface area contributed by atoms with Crippen molar-refractivity contribution in [2.24, 2.45) is 11.7 Å². The Kier molecular flexibility index (Phi) is 4.17. The van der Waals surface area contributed by atoms with E-state index in [0.717, 1.165) is 24.5 Å². The number of anilines is 1. The van der Waals surface area contributed by atoms with Crippen LogP contribution in [0.4, 0.5) is 5.95 Å². The quantitative estimate of drug-likeness (QED) is 0.836. The molecule has 1 atom stereocenters. The molecule has 4 heteroatoms. The Morgan fingerprint density at radius 3 is 2.33 bits per heavy atom. The zero-order valence-corrected chi connectivity index (χ0v) is 11.6. The zero-order valence-electron chi connectivity index (χ0n) is 11.6. The van der Waals surface area contributed by atoms with Gasteiger partial charge < -0.3 is 10.6 Å². The van der Waals surface area contributed by atoms with Gasteiger partial charge in [0.1, 0.15) is 0 Å². The molecule has 2 N–H and O–H groups in total. The van der Waals surface area contributed by atoms with Crippen molar-refractivity contribution in [1.29, 1.82) is 0 Å². The van der Waals surface area contributed by atoms with Crippen LogP contribution >= 0.6 is 0 Å². The predicted molar refractivity (Wildman–Crippen MR) is 74.6 cm³/mol. The van der Waals surface area contributed by atoms with Crippen molar-refractivity contribution < 1.29 is 0 Å². The lowest BCUT2D eigenvalue weighted by Gasteiger charge is -2.24. The molecule has 0 radical (unpaired) electrons. The number of hydrogen-bond donors (Lipinski definition) is 1. The standard InChI is InChI=1S/C14H24N4/c1-10(2)9-18(13-4-5-13)14-16-7-12(8-17-14)6-11(3)15/h7-8,10-11,13H,4-6,9,15H2,1-3H3. The minimum absolute atomic E-state index is 0.162. The minimum Gasteiger partial charge on any atom is -0.338 e. The Bertz CT molecular complexity index is 368. The van der Waals surface area contributed by atoms with Crippen molar-refractivity contribution in [3.8, 4) is 0 Å². The van der Waals surface area contributed by atoms with Crippen LogP contribution in [0.25, 0.3) is 0 Å². The van der Waals surface area contributed by atoms with E-state index in [0.29, 0.717) is 12.0 Å². The molecule has 2 rings (SSSR count). The molecular formula is C14H24N4. The van der Waals surface area contributed by atoms with Gasteiger partial charge in [0.25, 0.3) is 0 Å². The van der Waals surface area contributed by atoms with Gasteiger partial charge in [-0.15, -0.1) is 0 Å². The largest absolute Gasteiger partial charge is 0.338 e. The summed E-state index contributed by atoms with van der Waals surface area (Å²) in [5.41, 5.74) is 6.90. The Hall–Kier alpha value is -1.16. The average Bonchev–Trinajstić information content (AvgIpc) is 3.10. The molecule has 1 aliphatic rings. The van der Waals surface area contributed by atoms with Gasteiger partial charge in [0.15, 0.2) is 0 Å². The monoisotopic (exact) mass is 248 g/mol. The first-order valence-electron chi connectivity index (χ1n) is 6.89. The van der Waals surface area contributed by atoms with Gasteiger partial charge in [0.05, 0.1) is 0 Å². The van der Waals surface area contributed by atoms with Crippen LogP contribution in [0.2, 0.25) is 0 Å². The van der Waals surface area contributed by atoms with Crippen molar-refractivity contribution in [2.45, 2.75) is 52.1 Å². The Labute approximate surface area is 110 Å². The van der Waals surface area contributed by atoms with Crippen LogP contribution in [0.15, 0.2) is 12.4 Å². The second-order valence-electron chi connectivity index (χ2n) is 5.85. The van der Waals surface area contributed by atoms with E-state index < -0.39 is 0 Å². The summed E-state index contributed by atoms with van der Waals surface area (Å²) in [7, 11) is 0. The highest BCUT2D eigenvalue weighted by atomic mass is 15.3. The number of nitrogens with two attached hydrogens (primary N) is 1. The summed E-state index contributed by atoms with van der Waals surface area (Å²) in [6.45, 7) is 7.51. The van der Waals surface area contributed by atoms with E-state index in [1.54, 1.807) is 0 Å². The molecule has 0 aliphatic heterocycles. The highest BCUT2D eigenvalue weighted by Gasteiger charge is 2.31. The SMILES string of the molecule is CC(C)CN(c1ncc(CC(C)N)cn1)C1CC1. The predicted octanol–water partition coefficient (Wildman–Crippen LogP) is 1.99. The summed E-state index contributed by atoms with van der Waals surface area (Å²) in [5, 5.41) is 0. The van der Waals surface area contributed by atoms with Gasteiger partial charge in [0.2, 0.25) is 5.95 Å². The van der Waals surface area contributed by atoms with E-state index >= 15 is 0 Å². The molecule has 1 aromatic rings. The van der Waals surface area contributed by atoms with Crippen molar-refractivity contribution in [3.05, 3.63) is 18.0 Å². The van der Waals surface area contributed by atoms with E-state index in [4.69, 9.17) is 5.73 Å². The fourth-order valence-electron chi connectivity index (χ4n) is 2.15. The van der Waals surface area contributed by atoms with Crippen molar-refractivity contribution in [1.82, 2.24) is 9.97 Å². The summed E-state index contributed by atoms with van der Waals surface area (Å²) in [6, 6.07) is 0.821. The van der Waals surface area contributed by atoms with Crippen LogP contribution < -0.4 is 10.6 Å². The number of aromatic nitrogens is 2. The highest BCUT2D eigenvalue weighted by molar-refractivity contribution is 5.34. The maximum Gasteiger partial charge on any atom is 0.225 e. The fraction of sp³-hybridized carbons (Fsp3) is 0.714. The molecule has 1 saturated carbocycles. The minimum atomic E-state index is 0.162. The van der Waals surface area contributed by atoms with Crippen LogP contribution in [0.5, 0.6) is 0 Å². The Morgan fingerprint density at radius 1 is 1.28 bits per heavy atom. The van der Waals surface area contributed by atoms with Gasteiger partial charge in [-0.25, -0.2) is 9.97 Å². The highest BCUT2D eigenvalue weighted by Crippen LogP contribution is 2.30. The second-order valence-corrected chi connectivity index (χ2v) is 5.85. The Morgan fingerprint density at radius 2 is 1.89 bits per heavy atom. The molecule has 1 fully saturated rings. The maximum absolute atomic E-state index is 5.78. The van der Waals surface area contributed by atoms with E-state index in [9.17, 15) is 0 Å². The molecule has 100 valence electrons. The van der Waals surface area contributed by atoms with E-state index in [2.05, 4.69) is 28.7 Å². The van der Waals surface area contributed by atoms with Crippen LogP contribution in [0.3, 0.4) is 0 Å². The summed E-state index contributed by atoms with van der Waals surface area (Å²) in [5.74, 6) is 1.51. The molecule has 0 aromatic carbocycles. The zero-order chi connectivity index (χ0) is 13.1. The van der Waals surface area contributed by atoms with Crippen molar-refractivity contribution >= 4 is 5.95 Å². The molecule has 1 heterocycles. The van der Waals surface area contributed by atoms with Crippen LogP contribution in [-0.2, 0) is 6.42 Å². The second kappa shape index (κ2) is 5.65. The molecule has 1 aliphatic carbocycles. The summed E-state index contributed by atoms with van der Waals surface area (Å²) < 4.78 is 0. The Balaban J connectivity index is 2.06. The topological polar surface area (TPSA) is 55.0 Å². The first kappa shape index (κ1) is 13.3. The van der Waals surface area contributed by atoms with E-state index in [-0.39, 0.29) is 6.04 Å². The molecule has 4 nitrogen and oxygen atoms in total. The summed E-state index contributed by atoms with van der Waals surface area (Å²) >= 11 is 0. The third-order valence-corrected chi connectivity index (χ3v) is 3.06. The molecule has 0 saturated heterocycles. The van der Waals surface area contributed by atoms with Gasteiger partial charge in [-0.3, -0.25) is 0 Å². The van der Waals surface area contributed by atoms with Crippen LogP contribution in [-0.4, -0.2) is 28.6 Å². The van der Waals surface area contributed by atoms with Gasteiger partial charge in [-0.1, -0.05) is 13.8 Å². The first-order valence-corrected chi connectivity index (χ1v) is 6.89. The normalized spacial score (nSPS) is 16.9. The number of nitrogens with zero attached hydrogens (tertiary/aromatic N) is 3. The van der Waals surface area contributed by atoms with Gasteiger partial charge in [-0.05, 0) is 37.7 Å². The average molecular weight is 248 g/mol. The molecule has 1 aromatic heterocycles. The van der Waals surface area contributed by atoms with E-state index in [1.165, 1.54) is 12.8 Å². The third-order valence-electron chi connectivity index (χ3n) is 3.06. The number of hydrogen-bond acceptors (Lipinski definition) is 4. The fourth-order valence-corrected chi connectivity index (χ4v) is 2.15. The maximum atomic E-state index is 5.78. The lowest BCUT2D eigenvalue weighted by atomic mass is 10.1. The molecule has 0 spiro atoms. The molecule has 1 unspecified atom stereocenters. The van der Waals surface area contributed by atoms with Crippen LogP contribution in [0.1, 0.15) is 39.2 Å². The summed E-state index contributed by atoms with van der Waals surface area (Å²) in [4.78, 5) is 11.4. The van der Waals surface area contributed by atoms with Gasteiger partial charge in [0, 0.05) is 31.0 Å². The smallest absolute Gasteiger partial charge is 0.225 e. The summed E-state index contributed by atoms with van der Waals surface area (Å²) in [6.07, 6.45) is 7.23. The molecule has 0 amide bonds. The third kappa shape index (κ3) is 3.67. The van der Waals surface area contributed by atoms with Crippen molar-refractivity contribution in [2.75, 3.05) is 11.4 Å². The lowest BCUT2D eigenvalue weighted by molar-refractivity contribution is 0.596. The van der Waals surface area contributed by atoms with Crippen molar-refractivity contribution in [3.63, 3.8) is 0 Å². The van der Waals surface area contributed by atoms with Gasteiger partial charge in [-0.2, -0.15) is 0 Å². The first-order chi connectivity index (χ1) is 8.56. The van der Waals surface area contributed by atoms with Gasteiger partial charge >= 0.3 is 0 Å². The van der Waals surface area contributed by atoms with E-state index in [1.807, 2.05) is 19.3 Å². The molecular weight excluding hydrogens is 224 g/mol.